The summed E-state index contributed by atoms with van der Waals surface area (Å²) in [6.45, 7) is 5.45. The van der Waals surface area contributed by atoms with Crippen LogP contribution in [0.3, 0.4) is 0 Å². The third-order valence-electron chi connectivity index (χ3n) is 6.37. The largest absolute Gasteiger partial charge is 0.479 e. The van der Waals surface area contributed by atoms with Gasteiger partial charge in [-0.25, -0.2) is 9.59 Å². The molecule has 0 aromatic heterocycles. The summed E-state index contributed by atoms with van der Waals surface area (Å²) in [6.07, 6.45) is 1.00. The van der Waals surface area contributed by atoms with Gasteiger partial charge in [0.15, 0.2) is 5.60 Å². The van der Waals surface area contributed by atoms with Gasteiger partial charge in [-0.05, 0) is 35.6 Å². The number of carboxylic acids is 1. The lowest BCUT2D eigenvalue weighted by molar-refractivity contribution is -0.177. The Morgan fingerprint density at radius 3 is 2.41 bits per heavy atom. The Morgan fingerprint density at radius 2 is 1.82 bits per heavy atom. The Balaban J connectivity index is 1.42. The Bertz CT molecular complexity index is 1070. The first-order chi connectivity index (χ1) is 16.3. The van der Waals surface area contributed by atoms with E-state index in [1.54, 1.807) is 0 Å². The number of hydrogen-bond donors (Lipinski definition) is 2. The predicted molar refractivity (Wildman–Crippen MR) is 125 cm³/mol. The first-order valence-corrected chi connectivity index (χ1v) is 11.2. The number of carboxylic acid groups (broad SMARTS) is 1. The SMILES string of the molecule is C=CCC(NC(=O)OCC1c2ccccc2-c2ccccc21)C(=O)N1CCOC(C)(C(=O)O)C1. The average Bonchev–Trinajstić information content (AvgIpc) is 3.16. The predicted octanol–water partition coefficient (Wildman–Crippen LogP) is 3.17. The van der Waals surface area contributed by atoms with Crippen LogP contribution in [0.1, 0.15) is 30.4 Å². The number of amides is 2. The van der Waals surface area contributed by atoms with Gasteiger partial charge in [0, 0.05) is 12.5 Å². The number of carbonyl (C=O) groups excluding carboxylic acids is 2. The molecule has 2 unspecified atom stereocenters. The maximum Gasteiger partial charge on any atom is 0.407 e. The van der Waals surface area contributed by atoms with E-state index in [0.29, 0.717) is 0 Å². The second-order valence-corrected chi connectivity index (χ2v) is 8.69. The number of aliphatic carboxylic acids is 1. The molecule has 1 aliphatic carbocycles. The third kappa shape index (κ3) is 4.54. The van der Waals surface area contributed by atoms with Crippen molar-refractivity contribution in [2.45, 2.75) is 30.9 Å². The highest BCUT2D eigenvalue weighted by atomic mass is 16.5. The van der Waals surface area contributed by atoms with Crippen molar-refractivity contribution < 1.29 is 29.0 Å². The summed E-state index contributed by atoms with van der Waals surface area (Å²) in [5, 5.41) is 12.1. The number of fused-ring (bicyclic) bond motifs is 3. The number of nitrogens with one attached hydrogen (secondary N) is 1. The molecule has 8 nitrogen and oxygen atoms in total. The van der Waals surface area contributed by atoms with Crippen molar-refractivity contribution in [2.75, 3.05) is 26.3 Å². The van der Waals surface area contributed by atoms with E-state index in [-0.39, 0.29) is 38.6 Å². The number of hydrogen-bond acceptors (Lipinski definition) is 5. The number of morpholine rings is 1. The molecule has 1 saturated heterocycles. The minimum absolute atomic E-state index is 0.0952. The number of carbonyl (C=O) groups is 3. The molecule has 2 aromatic rings. The van der Waals surface area contributed by atoms with Gasteiger partial charge < -0.3 is 24.8 Å². The van der Waals surface area contributed by atoms with Crippen LogP contribution in [-0.4, -0.2) is 65.9 Å². The molecule has 0 radical (unpaired) electrons. The van der Waals surface area contributed by atoms with Gasteiger partial charge in [0.05, 0.1) is 13.2 Å². The lowest BCUT2D eigenvalue weighted by atomic mass is 9.98. The number of alkyl carbamates (subject to hydrolysis) is 1. The average molecular weight is 465 g/mol. The first kappa shape index (κ1) is 23.5. The van der Waals surface area contributed by atoms with Crippen molar-refractivity contribution in [3.63, 3.8) is 0 Å². The maximum atomic E-state index is 13.1. The molecule has 1 heterocycles. The van der Waals surface area contributed by atoms with Crippen molar-refractivity contribution in [3.05, 3.63) is 72.3 Å². The zero-order valence-electron chi connectivity index (χ0n) is 19.0. The van der Waals surface area contributed by atoms with E-state index in [9.17, 15) is 19.5 Å². The first-order valence-electron chi connectivity index (χ1n) is 11.2. The van der Waals surface area contributed by atoms with Gasteiger partial charge in [-0.2, -0.15) is 0 Å². The highest BCUT2D eigenvalue weighted by Gasteiger charge is 2.42. The van der Waals surface area contributed by atoms with Crippen molar-refractivity contribution in [1.29, 1.82) is 0 Å². The van der Waals surface area contributed by atoms with Gasteiger partial charge in [-0.3, -0.25) is 4.79 Å². The van der Waals surface area contributed by atoms with Crippen molar-refractivity contribution in [3.8, 4) is 11.1 Å². The Kier molecular flexibility index (Phi) is 6.70. The smallest absolute Gasteiger partial charge is 0.407 e. The van der Waals surface area contributed by atoms with Crippen LogP contribution >= 0.6 is 0 Å². The highest BCUT2D eigenvalue weighted by molar-refractivity contribution is 5.87. The van der Waals surface area contributed by atoms with Crippen LogP contribution in [0, 0.1) is 0 Å². The Hall–Kier alpha value is -3.65. The van der Waals surface area contributed by atoms with Crippen LogP contribution in [0.15, 0.2) is 61.2 Å². The number of benzene rings is 2. The van der Waals surface area contributed by atoms with Crippen LogP contribution in [0.4, 0.5) is 4.79 Å². The highest BCUT2D eigenvalue weighted by Crippen LogP contribution is 2.44. The van der Waals surface area contributed by atoms with Gasteiger partial charge >= 0.3 is 12.1 Å². The second kappa shape index (κ2) is 9.69. The molecule has 2 N–H and O–H groups in total. The van der Waals surface area contributed by atoms with Crippen molar-refractivity contribution in [2.24, 2.45) is 0 Å². The second-order valence-electron chi connectivity index (χ2n) is 8.69. The number of ether oxygens (including phenoxy) is 2. The fraction of sp³-hybridized carbons (Fsp3) is 0.346. The zero-order valence-corrected chi connectivity index (χ0v) is 19.0. The van der Waals surface area contributed by atoms with Crippen molar-refractivity contribution in [1.82, 2.24) is 10.2 Å². The van der Waals surface area contributed by atoms with E-state index in [4.69, 9.17) is 9.47 Å². The minimum atomic E-state index is -1.49. The van der Waals surface area contributed by atoms with E-state index in [1.165, 1.54) is 17.9 Å². The Morgan fingerprint density at radius 1 is 1.21 bits per heavy atom. The summed E-state index contributed by atoms with van der Waals surface area (Å²) >= 11 is 0. The summed E-state index contributed by atoms with van der Waals surface area (Å²) in [5.74, 6) is -1.64. The van der Waals surface area contributed by atoms with Gasteiger partial charge in [-0.1, -0.05) is 54.6 Å². The van der Waals surface area contributed by atoms with Crippen LogP contribution in [0.5, 0.6) is 0 Å². The Labute approximate surface area is 198 Å². The molecule has 0 spiro atoms. The summed E-state index contributed by atoms with van der Waals surface area (Å²) in [7, 11) is 0. The summed E-state index contributed by atoms with van der Waals surface area (Å²) in [5.41, 5.74) is 2.95. The molecule has 1 fully saturated rings. The lowest BCUT2D eigenvalue weighted by Gasteiger charge is -2.38. The van der Waals surface area contributed by atoms with Gasteiger partial charge in [0.25, 0.3) is 0 Å². The molecular formula is C26H28N2O6. The number of nitrogens with zero attached hydrogens (tertiary/aromatic N) is 1. The number of rotatable bonds is 7. The third-order valence-corrected chi connectivity index (χ3v) is 6.37. The molecule has 8 heteroatoms. The molecule has 4 rings (SSSR count). The molecule has 0 saturated carbocycles. The summed E-state index contributed by atoms with van der Waals surface area (Å²) in [6, 6.07) is 15.2. The topological polar surface area (TPSA) is 105 Å². The quantitative estimate of drug-likeness (QED) is 0.610. The van der Waals surface area contributed by atoms with E-state index in [0.717, 1.165) is 22.3 Å². The van der Waals surface area contributed by atoms with Gasteiger partial charge in [-0.15, -0.1) is 6.58 Å². The molecule has 34 heavy (non-hydrogen) atoms. The molecule has 2 amide bonds. The maximum absolute atomic E-state index is 13.1. The lowest BCUT2D eigenvalue weighted by Crippen LogP contribution is -2.59. The fourth-order valence-corrected chi connectivity index (χ4v) is 4.58. The molecular weight excluding hydrogens is 436 g/mol. The molecule has 1 aliphatic heterocycles. The monoisotopic (exact) mass is 464 g/mol. The standard InChI is InChI=1S/C26H28N2O6/c1-3-8-22(23(29)28-13-14-34-26(2,16-28)24(30)31)27-25(32)33-15-21-19-11-6-4-9-17(19)18-10-5-7-12-20(18)21/h3-7,9-12,21-22H,1,8,13-16H2,2H3,(H,27,32)(H,30,31). The van der Waals surface area contributed by atoms with Crippen molar-refractivity contribution >= 4 is 18.0 Å². The van der Waals surface area contributed by atoms with Crippen LogP contribution in [0.2, 0.25) is 0 Å². The minimum Gasteiger partial charge on any atom is -0.479 e. The van der Waals surface area contributed by atoms with E-state index in [2.05, 4.69) is 24.0 Å². The molecule has 2 aliphatic rings. The molecule has 178 valence electrons. The summed E-state index contributed by atoms with van der Waals surface area (Å²) in [4.78, 5) is 38.7. The molecule has 0 bridgehead atoms. The van der Waals surface area contributed by atoms with E-state index in [1.807, 2.05) is 36.4 Å². The summed E-state index contributed by atoms with van der Waals surface area (Å²) < 4.78 is 10.9. The van der Waals surface area contributed by atoms with E-state index >= 15 is 0 Å². The normalized spacial score (nSPS) is 20.1. The molecule has 2 atom stereocenters. The zero-order chi connectivity index (χ0) is 24.3. The van der Waals surface area contributed by atoms with E-state index < -0.39 is 29.6 Å². The van der Waals surface area contributed by atoms with Crippen LogP contribution < -0.4 is 5.32 Å². The van der Waals surface area contributed by atoms with Gasteiger partial charge in [0.2, 0.25) is 5.91 Å². The van der Waals surface area contributed by atoms with Crippen LogP contribution in [-0.2, 0) is 19.1 Å². The fourth-order valence-electron chi connectivity index (χ4n) is 4.58. The van der Waals surface area contributed by atoms with Crippen LogP contribution in [0.25, 0.3) is 11.1 Å². The van der Waals surface area contributed by atoms with Gasteiger partial charge in [0.1, 0.15) is 12.6 Å². The molecule has 2 aromatic carbocycles.